The normalized spacial score (nSPS) is 9.84. The van der Waals surface area contributed by atoms with Gasteiger partial charge in [0, 0.05) is 15.6 Å². The molecule has 4 heteroatoms. The van der Waals surface area contributed by atoms with Gasteiger partial charge in [-0.1, -0.05) is 77.8 Å². The molecule has 0 unspecified atom stereocenters. The molecule has 0 saturated heterocycles. The SMILES string of the molecule is Cl.O=C(C=C(c1ccc(Cl)cc1)c1ccc(Cl)cc1)c1ccccc1. The summed E-state index contributed by atoms with van der Waals surface area (Å²) in [5.41, 5.74) is 3.33. The maximum atomic E-state index is 12.6. The van der Waals surface area contributed by atoms with Gasteiger partial charge in [-0.05, 0) is 47.0 Å². The van der Waals surface area contributed by atoms with Crippen LogP contribution >= 0.6 is 35.6 Å². The second-order valence-electron chi connectivity index (χ2n) is 5.30. The Bertz CT molecular complexity index is 820. The number of hydrogen-bond donors (Lipinski definition) is 0. The van der Waals surface area contributed by atoms with Gasteiger partial charge in [-0.3, -0.25) is 4.79 Å². The van der Waals surface area contributed by atoms with Gasteiger partial charge in [0.15, 0.2) is 5.78 Å². The topological polar surface area (TPSA) is 17.1 Å². The van der Waals surface area contributed by atoms with Crippen LogP contribution in [0.3, 0.4) is 0 Å². The number of hydrogen-bond acceptors (Lipinski definition) is 1. The summed E-state index contributed by atoms with van der Waals surface area (Å²) >= 11 is 12.0. The summed E-state index contributed by atoms with van der Waals surface area (Å²) in [6.45, 7) is 0. The summed E-state index contributed by atoms with van der Waals surface area (Å²) in [5, 5.41) is 1.31. The zero-order chi connectivity index (χ0) is 16.9. The lowest BCUT2D eigenvalue weighted by Crippen LogP contribution is -1.97. The van der Waals surface area contributed by atoms with Crippen molar-refractivity contribution in [2.24, 2.45) is 0 Å². The van der Waals surface area contributed by atoms with E-state index in [0.717, 1.165) is 16.7 Å². The van der Waals surface area contributed by atoms with Crippen LogP contribution in [-0.4, -0.2) is 5.78 Å². The van der Waals surface area contributed by atoms with Gasteiger partial charge < -0.3 is 0 Å². The minimum absolute atomic E-state index is 0. The van der Waals surface area contributed by atoms with E-state index in [0.29, 0.717) is 15.6 Å². The van der Waals surface area contributed by atoms with Gasteiger partial charge in [0.1, 0.15) is 0 Å². The molecule has 0 fully saturated rings. The quantitative estimate of drug-likeness (QED) is 0.357. The Morgan fingerprint density at radius 3 is 1.52 bits per heavy atom. The highest BCUT2D eigenvalue weighted by atomic mass is 35.5. The van der Waals surface area contributed by atoms with E-state index in [1.165, 1.54) is 0 Å². The summed E-state index contributed by atoms with van der Waals surface area (Å²) < 4.78 is 0. The number of carbonyl (C=O) groups is 1. The fourth-order valence-electron chi connectivity index (χ4n) is 2.41. The minimum atomic E-state index is -0.0458. The number of benzene rings is 3. The molecule has 0 atom stereocenters. The summed E-state index contributed by atoms with van der Waals surface area (Å²) in [7, 11) is 0. The largest absolute Gasteiger partial charge is 0.289 e. The molecule has 0 spiro atoms. The predicted octanol–water partition coefficient (Wildman–Crippen LogP) is 6.73. The molecule has 0 amide bonds. The number of halogens is 3. The van der Waals surface area contributed by atoms with Crippen LogP contribution in [0.4, 0.5) is 0 Å². The molecule has 3 rings (SSSR count). The van der Waals surface area contributed by atoms with Gasteiger partial charge >= 0.3 is 0 Å². The van der Waals surface area contributed by atoms with Crippen molar-refractivity contribution in [2.75, 3.05) is 0 Å². The number of ketones is 1. The lowest BCUT2D eigenvalue weighted by atomic mass is 9.95. The van der Waals surface area contributed by atoms with E-state index in [9.17, 15) is 4.79 Å². The van der Waals surface area contributed by atoms with Crippen molar-refractivity contribution in [3.8, 4) is 0 Å². The van der Waals surface area contributed by atoms with Crippen molar-refractivity contribution in [3.05, 3.63) is 112 Å². The molecule has 0 saturated carbocycles. The van der Waals surface area contributed by atoms with Crippen molar-refractivity contribution < 1.29 is 4.79 Å². The molecule has 0 aliphatic heterocycles. The summed E-state index contributed by atoms with van der Waals surface area (Å²) in [6.07, 6.45) is 1.65. The molecule has 0 heterocycles. The first-order chi connectivity index (χ1) is 11.6. The van der Waals surface area contributed by atoms with E-state index in [-0.39, 0.29) is 18.2 Å². The second kappa shape index (κ2) is 8.87. The Labute approximate surface area is 163 Å². The third kappa shape index (κ3) is 4.96. The fraction of sp³-hybridized carbons (Fsp3) is 0. The highest BCUT2D eigenvalue weighted by Gasteiger charge is 2.09. The standard InChI is InChI=1S/C21H14Cl2O.ClH/c22-18-10-6-15(7-11-18)20(16-8-12-19(23)13-9-16)14-21(24)17-4-2-1-3-5-17;/h1-14H;1H. The molecule has 126 valence electrons. The predicted molar refractivity (Wildman–Crippen MR) is 108 cm³/mol. The molecule has 25 heavy (non-hydrogen) atoms. The highest BCUT2D eigenvalue weighted by Crippen LogP contribution is 2.26. The monoisotopic (exact) mass is 388 g/mol. The molecule has 0 bridgehead atoms. The van der Waals surface area contributed by atoms with Crippen LogP contribution in [0.1, 0.15) is 21.5 Å². The molecule has 3 aromatic rings. The summed E-state index contributed by atoms with van der Waals surface area (Å²) in [5.74, 6) is -0.0458. The van der Waals surface area contributed by atoms with E-state index < -0.39 is 0 Å². The average Bonchev–Trinajstić information content (AvgIpc) is 2.62. The van der Waals surface area contributed by atoms with Gasteiger partial charge in [-0.25, -0.2) is 0 Å². The molecular formula is C21H15Cl3O. The van der Waals surface area contributed by atoms with Gasteiger partial charge in [0.05, 0.1) is 0 Å². The molecule has 0 radical (unpaired) electrons. The molecule has 0 aromatic heterocycles. The second-order valence-corrected chi connectivity index (χ2v) is 6.17. The van der Waals surface area contributed by atoms with E-state index >= 15 is 0 Å². The first kappa shape index (κ1) is 19.3. The smallest absolute Gasteiger partial charge is 0.186 e. The van der Waals surface area contributed by atoms with Gasteiger partial charge in [0.2, 0.25) is 0 Å². The third-order valence-corrected chi connectivity index (χ3v) is 4.15. The molecule has 0 aliphatic carbocycles. The number of carbonyl (C=O) groups excluding carboxylic acids is 1. The lowest BCUT2D eigenvalue weighted by molar-refractivity contribution is 0.104. The molecule has 0 N–H and O–H groups in total. The fourth-order valence-corrected chi connectivity index (χ4v) is 2.66. The van der Waals surface area contributed by atoms with Crippen LogP contribution < -0.4 is 0 Å². The third-order valence-electron chi connectivity index (χ3n) is 3.64. The van der Waals surface area contributed by atoms with Crippen LogP contribution in [0.15, 0.2) is 84.9 Å². The van der Waals surface area contributed by atoms with E-state index in [2.05, 4.69) is 0 Å². The Hall–Kier alpha value is -2.06. The maximum absolute atomic E-state index is 12.6. The summed E-state index contributed by atoms with van der Waals surface area (Å²) in [4.78, 5) is 12.6. The van der Waals surface area contributed by atoms with E-state index in [1.54, 1.807) is 18.2 Å². The van der Waals surface area contributed by atoms with Crippen LogP contribution in [0.2, 0.25) is 10.0 Å². The van der Waals surface area contributed by atoms with Crippen molar-refractivity contribution in [1.29, 1.82) is 0 Å². The van der Waals surface area contributed by atoms with Crippen molar-refractivity contribution in [1.82, 2.24) is 0 Å². The van der Waals surface area contributed by atoms with Crippen LogP contribution in [0, 0.1) is 0 Å². The lowest BCUT2D eigenvalue weighted by Gasteiger charge is -2.09. The molecule has 0 aliphatic rings. The zero-order valence-electron chi connectivity index (χ0n) is 13.2. The first-order valence-corrected chi connectivity index (χ1v) is 8.22. The minimum Gasteiger partial charge on any atom is -0.289 e. The van der Waals surface area contributed by atoms with Crippen molar-refractivity contribution in [3.63, 3.8) is 0 Å². The number of allylic oxidation sites excluding steroid dienone is 1. The van der Waals surface area contributed by atoms with Crippen LogP contribution in [0.5, 0.6) is 0 Å². The average molecular weight is 390 g/mol. The Morgan fingerprint density at radius 2 is 1.08 bits per heavy atom. The zero-order valence-corrected chi connectivity index (χ0v) is 15.5. The Morgan fingerprint density at radius 1 is 0.640 bits per heavy atom. The van der Waals surface area contributed by atoms with E-state index in [4.69, 9.17) is 23.2 Å². The van der Waals surface area contributed by atoms with Crippen molar-refractivity contribution in [2.45, 2.75) is 0 Å². The Kier molecular flexibility index (Phi) is 6.83. The van der Waals surface area contributed by atoms with Gasteiger partial charge in [0.25, 0.3) is 0 Å². The van der Waals surface area contributed by atoms with Crippen LogP contribution in [-0.2, 0) is 0 Å². The maximum Gasteiger partial charge on any atom is 0.186 e. The summed E-state index contributed by atoms with van der Waals surface area (Å²) in [6, 6.07) is 24.1. The van der Waals surface area contributed by atoms with Gasteiger partial charge in [-0.15, -0.1) is 12.4 Å². The van der Waals surface area contributed by atoms with Gasteiger partial charge in [-0.2, -0.15) is 0 Å². The Balaban J connectivity index is 0.00000225. The van der Waals surface area contributed by atoms with Crippen LogP contribution in [0.25, 0.3) is 5.57 Å². The molecular weight excluding hydrogens is 375 g/mol. The highest BCUT2D eigenvalue weighted by molar-refractivity contribution is 6.31. The molecule has 1 nitrogen and oxygen atoms in total. The van der Waals surface area contributed by atoms with E-state index in [1.807, 2.05) is 66.7 Å². The molecule has 3 aromatic carbocycles. The first-order valence-electron chi connectivity index (χ1n) is 7.46. The van der Waals surface area contributed by atoms with Crippen molar-refractivity contribution >= 4 is 47.0 Å². The number of rotatable bonds is 4.